The van der Waals surface area contributed by atoms with Gasteiger partial charge in [-0.15, -0.1) is 0 Å². The van der Waals surface area contributed by atoms with Gasteiger partial charge in [0.25, 0.3) is 0 Å². The normalized spacial score (nSPS) is 18.3. The van der Waals surface area contributed by atoms with E-state index in [1.54, 1.807) is 0 Å². The lowest BCUT2D eigenvalue weighted by molar-refractivity contribution is 0.122. The predicted octanol–water partition coefficient (Wildman–Crippen LogP) is 1.42. The second-order valence-corrected chi connectivity index (χ2v) is 8.16. The van der Waals surface area contributed by atoms with Crippen LogP contribution in [0.5, 0.6) is 17.2 Å². The van der Waals surface area contributed by atoms with Gasteiger partial charge in [0.2, 0.25) is 11.9 Å². The molecule has 1 saturated heterocycles. The predicted molar refractivity (Wildman–Crippen MR) is 120 cm³/mol. The van der Waals surface area contributed by atoms with Gasteiger partial charge in [-0.25, -0.2) is 0 Å². The average Bonchev–Trinajstić information content (AvgIpc) is 2.86. The largest absolute Gasteiger partial charge is 0.504 e. The highest BCUT2D eigenvalue weighted by atomic mass is 16.5. The van der Waals surface area contributed by atoms with Crippen LogP contribution in [0.25, 0.3) is 11.4 Å². The number of aromatic hydroxyl groups is 3. The molecule has 33 heavy (non-hydrogen) atoms. The van der Waals surface area contributed by atoms with E-state index in [1.807, 2.05) is 21.9 Å². The lowest BCUT2D eigenvalue weighted by Gasteiger charge is -2.36. The number of fused-ring (bicyclic) bond motifs is 1. The number of phenols is 3. The van der Waals surface area contributed by atoms with E-state index in [2.05, 4.69) is 22.1 Å². The SMILES string of the molecule is OC[C@@H]1Cc2ccccc2CN1c1nc(-c2cc(O)c(O)c(O)c2)nc(N2CCOCC2)n1. The molecule has 0 aliphatic carbocycles. The molecule has 3 heterocycles. The molecule has 0 spiro atoms. The van der Waals surface area contributed by atoms with E-state index in [4.69, 9.17) is 9.72 Å². The Balaban J connectivity index is 1.61. The van der Waals surface area contributed by atoms with Crippen LogP contribution in [0.2, 0.25) is 0 Å². The van der Waals surface area contributed by atoms with Crippen molar-refractivity contribution in [2.45, 2.75) is 19.0 Å². The number of aliphatic hydroxyl groups excluding tert-OH is 1. The van der Waals surface area contributed by atoms with Crippen LogP contribution >= 0.6 is 0 Å². The first kappa shape index (κ1) is 21.2. The second kappa shape index (κ2) is 8.72. The third kappa shape index (κ3) is 4.10. The highest BCUT2D eigenvalue weighted by molar-refractivity contribution is 5.67. The zero-order valence-corrected chi connectivity index (χ0v) is 17.9. The fraction of sp³-hybridized carbons (Fsp3) is 0.348. The van der Waals surface area contributed by atoms with Crippen LogP contribution in [-0.2, 0) is 17.7 Å². The monoisotopic (exact) mass is 451 g/mol. The van der Waals surface area contributed by atoms with Crippen molar-refractivity contribution in [3.8, 4) is 28.6 Å². The Morgan fingerprint density at radius 3 is 2.27 bits per heavy atom. The van der Waals surface area contributed by atoms with Crippen LogP contribution in [0.4, 0.5) is 11.9 Å². The number of rotatable bonds is 4. The number of benzene rings is 2. The quantitative estimate of drug-likeness (QED) is 0.431. The van der Waals surface area contributed by atoms with Gasteiger partial charge in [-0.3, -0.25) is 0 Å². The summed E-state index contributed by atoms with van der Waals surface area (Å²) in [5.74, 6) is -0.472. The highest BCUT2D eigenvalue weighted by Crippen LogP contribution is 2.39. The Bertz CT molecular complexity index is 1140. The zero-order chi connectivity index (χ0) is 22.9. The Hall–Kier alpha value is -3.63. The molecule has 4 N–H and O–H groups in total. The Morgan fingerprint density at radius 2 is 1.58 bits per heavy atom. The summed E-state index contributed by atoms with van der Waals surface area (Å²) in [7, 11) is 0. The molecule has 1 atom stereocenters. The van der Waals surface area contributed by atoms with Gasteiger partial charge in [0.15, 0.2) is 23.1 Å². The van der Waals surface area contributed by atoms with Gasteiger partial charge < -0.3 is 35.0 Å². The molecule has 0 amide bonds. The fourth-order valence-corrected chi connectivity index (χ4v) is 4.23. The number of anilines is 2. The summed E-state index contributed by atoms with van der Waals surface area (Å²) in [4.78, 5) is 17.9. The van der Waals surface area contributed by atoms with Gasteiger partial charge in [0.1, 0.15) is 0 Å². The van der Waals surface area contributed by atoms with E-state index in [-0.39, 0.29) is 18.5 Å². The molecule has 0 saturated carbocycles. The van der Waals surface area contributed by atoms with Crippen molar-refractivity contribution in [3.05, 3.63) is 47.5 Å². The van der Waals surface area contributed by atoms with Crippen molar-refractivity contribution in [3.63, 3.8) is 0 Å². The summed E-state index contributed by atoms with van der Waals surface area (Å²) < 4.78 is 5.45. The molecule has 1 aromatic heterocycles. The smallest absolute Gasteiger partial charge is 0.231 e. The van der Waals surface area contributed by atoms with Crippen molar-refractivity contribution in [2.75, 3.05) is 42.7 Å². The molecule has 172 valence electrons. The third-order valence-corrected chi connectivity index (χ3v) is 6.06. The molecular weight excluding hydrogens is 426 g/mol. The lowest BCUT2D eigenvalue weighted by atomic mass is 9.94. The number of hydrogen-bond acceptors (Lipinski definition) is 10. The molecule has 2 aliphatic rings. The first-order chi connectivity index (χ1) is 16.0. The summed E-state index contributed by atoms with van der Waals surface area (Å²) in [5.41, 5.74) is 2.65. The van der Waals surface area contributed by atoms with Gasteiger partial charge in [0, 0.05) is 25.2 Å². The van der Waals surface area contributed by atoms with Crippen molar-refractivity contribution >= 4 is 11.9 Å². The van der Waals surface area contributed by atoms with Crippen LogP contribution in [0.3, 0.4) is 0 Å². The number of ether oxygens (including phenoxy) is 1. The van der Waals surface area contributed by atoms with E-state index < -0.39 is 17.2 Å². The summed E-state index contributed by atoms with van der Waals surface area (Å²) >= 11 is 0. The topological polar surface area (TPSA) is 135 Å². The molecule has 0 bridgehead atoms. The van der Waals surface area contributed by atoms with E-state index in [0.29, 0.717) is 56.7 Å². The lowest BCUT2D eigenvalue weighted by Crippen LogP contribution is -2.44. The second-order valence-electron chi connectivity index (χ2n) is 8.16. The van der Waals surface area contributed by atoms with E-state index in [9.17, 15) is 20.4 Å². The Labute approximate surface area is 190 Å². The molecule has 5 rings (SSSR count). The maximum absolute atomic E-state index is 10.1. The summed E-state index contributed by atoms with van der Waals surface area (Å²) in [6, 6.07) is 10.5. The third-order valence-electron chi connectivity index (χ3n) is 6.06. The zero-order valence-electron chi connectivity index (χ0n) is 17.9. The number of aromatic nitrogens is 3. The van der Waals surface area contributed by atoms with Crippen LogP contribution in [-0.4, -0.2) is 74.3 Å². The number of nitrogens with zero attached hydrogens (tertiary/aromatic N) is 5. The average molecular weight is 451 g/mol. The van der Waals surface area contributed by atoms with Crippen molar-refractivity contribution < 1.29 is 25.2 Å². The van der Waals surface area contributed by atoms with Crippen LogP contribution in [0.1, 0.15) is 11.1 Å². The number of aliphatic hydroxyl groups is 1. The molecule has 0 unspecified atom stereocenters. The van der Waals surface area contributed by atoms with Crippen LogP contribution in [0.15, 0.2) is 36.4 Å². The molecule has 10 heteroatoms. The van der Waals surface area contributed by atoms with E-state index in [0.717, 1.165) is 5.56 Å². The first-order valence-corrected chi connectivity index (χ1v) is 10.8. The summed E-state index contributed by atoms with van der Waals surface area (Å²) in [6.45, 7) is 2.78. The van der Waals surface area contributed by atoms with Gasteiger partial charge in [-0.2, -0.15) is 15.0 Å². The number of hydrogen-bond donors (Lipinski definition) is 4. The van der Waals surface area contributed by atoms with Crippen LogP contribution in [0, 0.1) is 0 Å². The van der Waals surface area contributed by atoms with Gasteiger partial charge >= 0.3 is 0 Å². The Morgan fingerprint density at radius 1 is 0.909 bits per heavy atom. The molecular formula is C23H25N5O5. The fourth-order valence-electron chi connectivity index (χ4n) is 4.23. The van der Waals surface area contributed by atoms with Crippen molar-refractivity contribution in [1.82, 2.24) is 15.0 Å². The minimum atomic E-state index is -0.602. The standard InChI is InChI=1S/C23H25N5O5/c29-13-17-9-14-3-1-2-4-15(14)12-28(17)23-25-21(16-10-18(30)20(32)19(31)11-16)24-22(26-23)27-5-7-33-8-6-27/h1-4,10-11,17,29-32H,5-9,12-13H2/t17-/m0/s1. The van der Waals surface area contributed by atoms with Crippen LogP contribution < -0.4 is 9.80 Å². The summed E-state index contributed by atoms with van der Waals surface area (Å²) in [5, 5.41) is 39.9. The van der Waals surface area contributed by atoms with E-state index >= 15 is 0 Å². The maximum atomic E-state index is 10.1. The number of phenolic OH excluding ortho intramolecular Hbond substituents is 3. The summed E-state index contributed by atoms with van der Waals surface area (Å²) in [6.07, 6.45) is 0.654. The molecule has 1 fully saturated rings. The van der Waals surface area contributed by atoms with Crippen molar-refractivity contribution in [1.29, 1.82) is 0 Å². The van der Waals surface area contributed by atoms with E-state index in [1.165, 1.54) is 17.7 Å². The molecule has 2 aliphatic heterocycles. The molecule has 3 aromatic rings. The molecule has 2 aromatic carbocycles. The highest BCUT2D eigenvalue weighted by Gasteiger charge is 2.29. The first-order valence-electron chi connectivity index (χ1n) is 10.8. The minimum Gasteiger partial charge on any atom is -0.504 e. The van der Waals surface area contributed by atoms with Gasteiger partial charge in [-0.1, -0.05) is 24.3 Å². The van der Waals surface area contributed by atoms with Gasteiger partial charge in [-0.05, 0) is 29.7 Å². The number of morpholine rings is 1. The van der Waals surface area contributed by atoms with Gasteiger partial charge in [0.05, 0.1) is 25.9 Å². The Kier molecular flexibility index (Phi) is 5.61. The molecule has 0 radical (unpaired) electrons. The molecule has 10 nitrogen and oxygen atoms in total. The maximum Gasteiger partial charge on any atom is 0.231 e. The van der Waals surface area contributed by atoms with Crippen molar-refractivity contribution in [2.24, 2.45) is 0 Å². The minimum absolute atomic E-state index is 0.0664.